The molecule has 0 atom stereocenters. The second-order valence-corrected chi connectivity index (χ2v) is 14.2. The van der Waals surface area contributed by atoms with Gasteiger partial charge in [0.25, 0.3) is 0 Å². The average molecular weight is 568 g/mol. The number of alkyl halides is 1. The number of hydrogen-bond acceptors (Lipinski definition) is 7. The highest BCUT2D eigenvalue weighted by Gasteiger charge is 2.73. The molecule has 3 heterocycles. The Morgan fingerprint density at radius 2 is 1.74 bits per heavy atom. The van der Waals surface area contributed by atoms with Crippen molar-refractivity contribution < 1.29 is 18.1 Å². The first-order chi connectivity index (χ1) is 20.3. The van der Waals surface area contributed by atoms with E-state index in [4.69, 9.17) is 18.9 Å². The molecule has 1 amide bonds. The van der Waals surface area contributed by atoms with Gasteiger partial charge in [-0.05, 0) is 111 Å². The quantitative estimate of drug-likeness (QED) is 0.238. The van der Waals surface area contributed by atoms with Crippen LogP contribution in [0.4, 0.5) is 10.2 Å². The van der Waals surface area contributed by atoms with Crippen LogP contribution in [0.25, 0.3) is 22.2 Å². The molecule has 1 aromatic carbocycles. The van der Waals surface area contributed by atoms with Gasteiger partial charge in [-0.2, -0.15) is 4.98 Å². The maximum atomic E-state index is 14.6. The third-order valence-corrected chi connectivity index (χ3v) is 11.2. The summed E-state index contributed by atoms with van der Waals surface area (Å²) in [7, 11) is 0. The maximum Gasteiger partial charge on any atom is 0.234 e. The van der Waals surface area contributed by atoms with E-state index in [1.165, 1.54) is 0 Å². The number of fused-ring (bicyclic) bond motifs is 4. The van der Waals surface area contributed by atoms with Gasteiger partial charge in [0.1, 0.15) is 17.0 Å². The van der Waals surface area contributed by atoms with Crippen LogP contribution in [0, 0.1) is 17.8 Å². The Kier molecular flexibility index (Phi) is 4.90. The molecule has 7 aliphatic rings. The monoisotopic (exact) mass is 567 g/mol. The van der Waals surface area contributed by atoms with E-state index < -0.39 is 11.1 Å². The Morgan fingerprint density at radius 1 is 1.00 bits per heavy atom. The van der Waals surface area contributed by atoms with E-state index >= 15 is 0 Å². The second-order valence-electron chi connectivity index (χ2n) is 14.2. The van der Waals surface area contributed by atoms with Crippen molar-refractivity contribution in [2.45, 2.75) is 94.6 Å². The number of oxazole rings is 1. The SMILES string of the molecule is Cc1nc2ccc(-c3ccnc(N(CC45CCC(c6nc(C7CC7)no6)(CC4)CC5)C(=O)C45CC(F)(C4)C5)c3)cc2o1. The number of rotatable bonds is 7. The van der Waals surface area contributed by atoms with Crippen molar-refractivity contribution in [1.29, 1.82) is 0 Å². The molecule has 4 aromatic rings. The normalized spacial score (nSPS) is 32.9. The summed E-state index contributed by atoms with van der Waals surface area (Å²) in [5.74, 6) is 3.49. The fourth-order valence-corrected chi connectivity index (χ4v) is 8.51. The lowest BCUT2D eigenvalue weighted by Gasteiger charge is -2.65. The Labute approximate surface area is 243 Å². The molecule has 11 rings (SSSR count). The van der Waals surface area contributed by atoms with Crippen LogP contribution < -0.4 is 4.90 Å². The van der Waals surface area contributed by atoms with Gasteiger partial charge in [0.15, 0.2) is 17.3 Å². The zero-order valence-electron chi connectivity index (χ0n) is 23.9. The molecule has 0 unspecified atom stereocenters. The van der Waals surface area contributed by atoms with Crippen LogP contribution in [-0.4, -0.2) is 38.2 Å². The topological polar surface area (TPSA) is 98.1 Å². The van der Waals surface area contributed by atoms with Crippen molar-refractivity contribution in [2.24, 2.45) is 10.8 Å². The number of pyridine rings is 1. The van der Waals surface area contributed by atoms with Crippen molar-refractivity contribution in [3.05, 3.63) is 54.1 Å². The lowest BCUT2D eigenvalue weighted by atomic mass is 9.41. The third kappa shape index (κ3) is 3.67. The highest BCUT2D eigenvalue weighted by Crippen LogP contribution is 2.70. The molecule has 42 heavy (non-hydrogen) atoms. The summed E-state index contributed by atoms with van der Waals surface area (Å²) in [6.45, 7) is 2.45. The van der Waals surface area contributed by atoms with Crippen molar-refractivity contribution in [1.82, 2.24) is 20.1 Å². The summed E-state index contributed by atoms with van der Waals surface area (Å²) in [6.07, 6.45) is 11.1. The van der Waals surface area contributed by atoms with Crippen LogP contribution in [0.15, 0.2) is 45.5 Å². The van der Waals surface area contributed by atoms with Gasteiger partial charge in [0.2, 0.25) is 11.8 Å². The van der Waals surface area contributed by atoms with E-state index in [1.54, 1.807) is 6.20 Å². The van der Waals surface area contributed by atoms with Crippen molar-refractivity contribution in [2.75, 3.05) is 11.4 Å². The molecular weight excluding hydrogens is 533 g/mol. The molecule has 7 aliphatic carbocycles. The largest absolute Gasteiger partial charge is 0.441 e. The highest BCUT2D eigenvalue weighted by atomic mass is 19.1. The molecule has 3 aromatic heterocycles. The first-order valence-corrected chi connectivity index (χ1v) is 15.4. The molecule has 0 radical (unpaired) electrons. The van der Waals surface area contributed by atoms with Crippen molar-refractivity contribution >= 4 is 22.8 Å². The van der Waals surface area contributed by atoms with Gasteiger partial charge in [-0.1, -0.05) is 11.2 Å². The maximum absolute atomic E-state index is 14.6. The number of halogens is 1. The predicted molar refractivity (Wildman–Crippen MR) is 153 cm³/mol. The Morgan fingerprint density at radius 3 is 2.45 bits per heavy atom. The zero-order chi connectivity index (χ0) is 28.3. The Hall–Kier alpha value is -3.62. The van der Waals surface area contributed by atoms with Gasteiger partial charge >= 0.3 is 0 Å². The summed E-state index contributed by atoms with van der Waals surface area (Å²) in [5, 5.41) is 4.31. The third-order valence-electron chi connectivity index (χ3n) is 11.2. The lowest BCUT2D eigenvalue weighted by Crippen LogP contribution is -2.71. The van der Waals surface area contributed by atoms with Crippen LogP contribution in [0.3, 0.4) is 0 Å². The smallest absolute Gasteiger partial charge is 0.234 e. The average Bonchev–Trinajstić information content (AvgIpc) is 3.57. The standard InChI is InChI=1S/C33H34FN5O3/c1-20-36-24-5-4-22(14-25(24)41-20)23-6-13-35-26(15-23)39(29(40)32-16-33(34,17-32)18-32)19-30-7-10-31(11-8-30,12-9-30)28-37-27(38-42-28)21-2-3-21/h4-6,13-15,21H,2-3,7-12,16-19H2,1H3. The van der Waals surface area contributed by atoms with Crippen LogP contribution in [0.1, 0.15) is 94.2 Å². The Bertz CT molecular complexity index is 1710. The molecular formula is C33H34FN5O3. The zero-order valence-corrected chi connectivity index (χ0v) is 23.9. The second kappa shape index (κ2) is 8.26. The summed E-state index contributed by atoms with van der Waals surface area (Å²) in [6, 6.07) is 9.93. The molecule has 4 bridgehead atoms. The summed E-state index contributed by atoms with van der Waals surface area (Å²) >= 11 is 0. The van der Waals surface area contributed by atoms with Gasteiger partial charge in [-0.3, -0.25) is 9.69 Å². The van der Waals surface area contributed by atoms with Gasteiger partial charge < -0.3 is 8.94 Å². The first kappa shape index (κ1) is 24.9. The molecule has 0 spiro atoms. The summed E-state index contributed by atoms with van der Waals surface area (Å²) < 4.78 is 26.2. The van der Waals surface area contributed by atoms with E-state index in [9.17, 15) is 9.18 Å². The Balaban J connectivity index is 1.02. The van der Waals surface area contributed by atoms with E-state index in [1.807, 2.05) is 42.2 Å². The molecule has 0 saturated heterocycles. The number of hydrogen-bond donors (Lipinski definition) is 0. The number of carbonyl (C=O) groups is 1. The number of anilines is 1. The number of benzene rings is 1. The molecule has 7 fully saturated rings. The molecule has 0 N–H and O–H groups in total. The molecule has 9 heteroatoms. The lowest BCUT2D eigenvalue weighted by molar-refractivity contribution is -0.211. The minimum absolute atomic E-state index is 0.00164. The summed E-state index contributed by atoms with van der Waals surface area (Å²) in [4.78, 5) is 30.1. The molecule has 216 valence electrons. The van der Waals surface area contributed by atoms with Gasteiger partial charge in [0.05, 0.1) is 5.41 Å². The first-order valence-electron chi connectivity index (χ1n) is 15.4. The van der Waals surface area contributed by atoms with Crippen LogP contribution in [0.2, 0.25) is 0 Å². The van der Waals surface area contributed by atoms with Crippen molar-refractivity contribution in [3.8, 4) is 11.1 Å². The predicted octanol–water partition coefficient (Wildman–Crippen LogP) is 6.98. The fraction of sp³-hybridized carbons (Fsp3) is 0.545. The van der Waals surface area contributed by atoms with Crippen LogP contribution in [-0.2, 0) is 10.2 Å². The van der Waals surface area contributed by atoms with E-state index in [0.717, 1.165) is 85.3 Å². The number of aromatic nitrogens is 4. The minimum Gasteiger partial charge on any atom is -0.441 e. The van der Waals surface area contributed by atoms with Gasteiger partial charge in [-0.15, -0.1) is 0 Å². The van der Waals surface area contributed by atoms with E-state index in [-0.39, 0.29) is 16.7 Å². The van der Waals surface area contributed by atoms with E-state index in [0.29, 0.717) is 43.4 Å². The van der Waals surface area contributed by atoms with E-state index in [2.05, 4.69) is 10.1 Å². The van der Waals surface area contributed by atoms with Gasteiger partial charge in [-0.25, -0.2) is 14.4 Å². The number of amides is 1. The van der Waals surface area contributed by atoms with Gasteiger partial charge in [0, 0.05) is 31.0 Å². The molecule has 7 saturated carbocycles. The molecule has 0 aliphatic heterocycles. The number of nitrogens with zero attached hydrogens (tertiary/aromatic N) is 5. The summed E-state index contributed by atoms with van der Waals surface area (Å²) in [5.41, 5.74) is 1.73. The number of carbonyl (C=O) groups excluding carboxylic acids is 1. The minimum atomic E-state index is -1.14. The van der Waals surface area contributed by atoms with Crippen molar-refractivity contribution in [3.63, 3.8) is 0 Å². The van der Waals surface area contributed by atoms with Crippen LogP contribution in [0.5, 0.6) is 0 Å². The molecule has 8 nitrogen and oxygen atoms in total. The number of aryl methyl sites for hydroxylation is 1. The fourth-order valence-electron chi connectivity index (χ4n) is 8.51. The van der Waals surface area contributed by atoms with Crippen LogP contribution >= 0.6 is 0 Å². The highest BCUT2D eigenvalue weighted by molar-refractivity contribution is 6.00.